The average molecular weight is 267 g/mol. The van der Waals surface area contributed by atoms with Gasteiger partial charge in [0.15, 0.2) is 0 Å². The summed E-state index contributed by atoms with van der Waals surface area (Å²) in [6.07, 6.45) is 7.48. The normalized spacial score (nSPS) is 24.5. The first-order chi connectivity index (χ1) is 9.16. The Labute approximate surface area is 117 Å². The maximum Gasteiger partial charge on any atom is 0.237 e. The first-order valence-corrected chi connectivity index (χ1v) is 7.94. The Kier molecular flexibility index (Phi) is 5.64. The standard InChI is InChI=1S/C15H29N3O/c1-12(18-9-5-6-10-18)11-16-13(2)15(19)17-14-7-3-4-8-14/h12-14,16H,3-11H2,1-2H3,(H,17,19). The molecule has 2 unspecified atom stereocenters. The van der Waals surface area contributed by atoms with Crippen LogP contribution in [-0.2, 0) is 4.79 Å². The van der Waals surface area contributed by atoms with E-state index in [9.17, 15) is 4.79 Å². The highest BCUT2D eigenvalue weighted by atomic mass is 16.2. The molecule has 4 nitrogen and oxygen atoms in total. The molecule has 1 amide bonds. The molecule has 2 atom stereocenters. The van der Waals surface area contributed by atoms with Crippen LogP contribution >= 0.6 is 0 Å². The molecule has 1 aliphatic heterocycles. The lowest BCUT2D eigenvalue weighted by Gasteiger charge is -2.26. The van der Waals surface area contributed by atoms with E-state index in [0.29, 0.717) is 12.1 Å². The molecule has 19 heavy (non-hydrogen) atoms. The van der Waals surface area contributed by atoms with Gasteiger partial charge in [0.1, 0.15) is 0 Å². The topological polar surface area (TPSA) is 44.4 Å². The minimum Gasteiger partial charge on any atom is -0.352 e. The fourth-order valence-corrected chi connectivity index (χ4v) is 3.15. The number of likely N-dealkylation sites (tertiary alicyclic amines) is 1. The number of hydrogen-bond acceptors (Lipinski definition) is 3. The Balaban J connectivity index is 1.64. The van der Waals surface area contributed by atoms with Gasteiger partial charge in [-0.2, -0.15) is 0 Å². The van der Waals surface area contributed by atoms with Gasteiger partial charge in [-0.3, -0.25) is 9.69 Å². The van der Waals surface area contributed by atoms with Crippen LogP contribution in [0.5, 0.6) is 0 Å². The van der Waals surface area contributed by atoms with E-state index in [1.807, 2.05) is 6.92 Å². The molecule has 0 aromatic rings. The minimum atomic E-state index is -0.0781. The van der Waals surface area contributed by atoms with Gasteiger partial charge in [-0.05, 0) is 52.6 Å². The first kappa shape index (κ1) is 14.8. The van der Waals surface area contributed by atoms with Crippen LogP contribution in [0.4, 0.5) is 0 Å². The van der Waals surface area contributed by atoms with Crippen molar-refractivity contribution >= 4 is 5.91 Å². The minimum absolute atomic E-state index is 0.0781. The lowest BCUT2D eigenvalue weighted by atomic mass is 10.2. The Morgan fingerprint density at radius 1 is 1.16 bits per heavy atom. The summed E-state index contributed by atoms with van der Waals surface area (Å²) in [6, 6.07) is 0.877. The second-order valence-corrected chi connectivity index (χ2v) is 6.21. The quantitative estimate of drug-likeness (QED) is 0.767. The van der Waals surface area contributed by atoms with Crippen molar-refractivity contribution in [1.82, 2.24) is 15.5 Å². The number of carbonyl (C=O) groups excluding carboxylic acids is 1. The molecule has 1 saturated heterocycles. The fraction of sp³-hybridized carbons (Fsp3) is 0.933. The van der Waals surface area contributed by atoms with Crippen LogP contribution in [0.2, 0.25) is 0 Å². The van der Waals surface area contributed by atoms with Crippen LogP contribution in [0.3, 0.4) is 0 Å². The summed E-state index contributed by atoms with van der Waals surface area (Å²) in [4.78, 5) is 14.6. The highest BCUT2D eigenvalue weighted by Gasteiger charge is 2.22. The smallest absolute Gasteiger partial charge is 0.237 e. The Morgan fingerprint density at radius 2 is 1.79 bits per heavy atom. The Morgan fingerprint density at radius 3 is 2.42 bits per heavy atom. The zero-order valence-electron chi connectivity index (χ0n) is 12.5. The molecule has 2 fully saturated rings. The van der Waals surface area contributed by atoms with E-state index < -0.39 is 0 Å². The van der Waals surface area contributed by atoms with Gasteiger partial charge in [0.05, 0.1) is 6.04 Å². The molecule has 0 aromatic carbocycles. The predicted octanol–water partition coefficient (Wildman–Crippen LogP) is 1.51. The van der Waals surface area contributed by atoms with E-state index in [1.165, 1.54) is 38.8 Å². The number of nitrogens with one attached hydrogen (secondary N) is 2. The molecule has 1 aliphatic carbocycles. The largest absolute Gasteiger partial charge is 0.352 e. The number of rotatable bonds is 6. The summed E-state index contributed by atoms with van der Waals surface area (Å²) in [7, 11) is 0. The second-order valence-electron chi connectivity index (χ2n) is 6.21. The number of hydrogen-bond donors (Lipinski definition) is 2. The van der Waals surface area contributed by atoms with Crippen molar-refractivity contribution in [2.45, 2.75) is 70.5 Å². The van der Waals surface area contributed by atoms with Crippen molar-refractivity contribution in [3.8, 4) is 0 Å². The fourth-order valence-electron chi connectivity index (χ4n) is 3.15. The maximum absolute atomic E-state index is 12.0. The number of nitrogens with zero attached hydrogens (tertiary/aromatic N) is 1. The Hall–Kier alpha value is -0.610. The summed E-state index contributed by atoms with van der Waals surface area (Å²) < 4.78 is 0. The monoisotopic (exact) mass is 267 g/mol. The summed E-state index contributed by atoms with van der Waals surface area (Å²) in [5, 5.41) is 6.54. The van der Waals surface area contributed by atoms with Crippen LogP contribution in [0, 0.1) is 0 Å². The molecule has 0 spiro atoms. The van der Waals surface area contributed by atoms with Crippen molar-refractivity contribution in [3.05, 3.63) is 0 Å². The first-order valence-electron chi connectivity index (χ1n) is 7.94. The molecule has 4 heteroatoms. The summed E-state index contributed by atoms with van der Waals surface area (Å²) in [6.45, 7) is 7.55. The summed E-state index contributed by atoms with van der Waals surface area (Å²) in [5.74, 6) is 0.167. The highest BCUT2D eigenvalue weighted by molar-refractivity contribution is 5.81. The van der Waals surface area contributed by atoms with Crippen molar-refractivity contribution < 1.29 is 4.79 Å². The van der Waals surface area contributed by atoms with Gasteiger partial charge < -0.3 is 10.6 Å². The van der Waals surface area contributed by atoms with Crippen LogP contribution in [0.1, 0.15) is 52.4 Å². The van der Waals surface area contributed by atoms with Crippen LogP contribution in [0.15, 0.2) is 0 Å². The second kappa shape index (κ2) is 7.25. The highest BCUT2D eigenvalue weighted by Crippen LogP contribution is 2.17. The van der Waals surface area contributed by atoms with Gasteiger partial charge in [-0.25, -0.2) is 0 Å². The third kappa shape index (κ3) is 4.46. The van der Waals surface area contributed by atoms with E-state index in [0.717, 1.165) is 19.4 Å². The molecule has 2 rings (SSSR count). The van der Waals surface area contributed by atoms with Crippen molar-refractivity contribution in [3.63, 3.8) is 0 Å². The van der Waals surface area contributed by atoms with E-state index in [4.69, 9.17) is 0 Å². The number of amides is 1. The van der Waals surface area contributed by atoms with Gasteiger partial charge in [0.2, 0.25) is 5.91 Å². The molecule has 0 aromatic heterocycles. The number of carbonyl (C=O) groups is 1. The maximum atomic E-state index is 12.0. The van der Waals surface area contributed by atoms with Crippen molar-refractivity contribution in [1.29, 1.82) is 0 Å². The van der Waals surface area contributed by atoms with Gasteiger partial charge in [-0.15, -0.1) is 0 Å². The van der Waals surface area contributed by atoms with E-state index in [-0.39, 0.29) is 11.9 Å². The average Bonchev–Trinajstić information content (AvgIpc) is 3.07. The molecule has 0 bridgehead atoms. The zero-order valence-corrected chi connectivity index (χ0v) is 12.5. The van der Waals surface area contributed by atoms with Crippen LogP contribution < -0.4 is 10.6 Å². The van der Waals surface area contributed by atoms with E-state index in [2.05, 4.69) is 22.5 Å². The zero-order chi connectivity index (χ0) is 13.7. The predicted molar refractivity (Wildman–Crippen MR) is 78.1 cm³/mol. The third-order valence-corrected chi connectivity index (χ3v) is 4.58. The SMILES string of the molecule is CC(NCC(C)N1CCCC1)C(=O)NC1CCCC1. The van der Waals surface area contributed by atoms with Gasteiger partial charge >= 0.3 is 0 Å². The molecule has 0 radical (unpaired) electrons. The molecular formula is C15H29N3O. The lowest BCUT2D eigenvalue weighted by Crippen LogP contribution is -2.49. The van der Waals surface area contributed by atoms with Crippen molar-refractivity contribution in [2.24, 2.45) is 0 Å². The summed E-state index contributed by atoms with van der Waals surface area (Å²) >= 11 is 0. The third-order valence-electron chi connectivity index (χ3n) is 4.58. The molecular weight excluding hydrogens is 238 g/mol. The molecule has 110 valence electrons. The lowest BCUT2D eigenvalue weighted by molar-refractivity contribution is -0.123. The summed E-state index contributed by atoms with van der Waals surface area (Å²) in [5.41, 5.74) is 0. The molecule has 1 heterocycles. The molecule has 2 N–H and O–H groups in total. The Bertz CT molecular complexity index is 283. The van der Waals surface area contributed by atoms with Gasteiger partial charge in [0, 0.05) is 18.6 Å². The van der Waals surface area contributed by atoms with Crippen molar-refractivity contribution in [2.75, 3.05) is 19.6 Å². The van der Waals surface area contributed by atoms with E-state index >= 15 is 0 Å². The molecule has 1 saturated carbocycles. The van der Waals surface area contributed by atoms with E-state index in [1.54, 1.807) is 0 Å². The van der Waals surface area contributed by atoms with Crippen LogP contribution in [0.25, 0.3) is 0 Å². The van der Waals surface area contributed by atoms with Crippen LogP contribution in [-0.4, -0.2) is 48.6 Å². The van der Waals surface area contributed by atoms with Gasteiger partial charge in [-0.1, -0.05) is 12.8 Å². The van der Waals surface area contributed by atoms with Gasteiger partial charge in [0.25, 0.3) is 0 Å². The molecule has 2 aliphatic rings.